The largest absolute Gasteiger partial charge is 0.358 e. The Balaban J connectivity index is 2.07. The molecular weight excluding hydrogens is 274 g/mol. The van der Waals surface area contributed by atoms with Crippen LogP contribution in [-0.2, 0) is 20.9 Å². The van der Waals surface area contributed by atoms with Gasteiger partial charge in [-0.1, -0.05) is 12.1 Å². The van der Waals surface area contributed by atoms with Crippen LogP contribution in [0.1, 0.15) is 5.56 Å². The van der Waals surface area contributed by atoms with Crippen molar-refractivity contribution in [1.29, 1.82) is 0 Å². The fraction of sp³-hybridized carbons (Fsp3) is 0.200. The Morgan fingerprint density at radius 2 is 2.22 bits per heavy atom. The number of hydrogen-bond acceptors (Lipinski definition) is 4. The van der Waals surface area contributed by atoms with Crippen LogP contribution in [0, 0.1) is 0 Å². The molecule has 0 saturated heterocycles. The fourth-order valence-corrected chi connectivity index (χ4v) is 2.86. The van der Waals surface area contributed by atoms with Gasteiger partial charge in [-0.2, -0.15) is 8.42 Å². The Bertz CT molecular complexity index is 702. The standard InChI is InChI=1S/C10H9N3O3S2/c11-12-13-18(14,15)16-6-4-8-2-1-3-10-9(8)5-7-17-10/h1-3,5,7H,4,6H2. The van der Waals surface area contributed by atoms with Crippen molar-refractivity contribution in [3.05, 3.63) is 45.7 Å². The van der Waals surface area contributed by atoms with Crippen molar-refractivity contribution in [3.8, 4) is 0 Å². The first-order valence-corrected chi connectivity index (χ1v) is 7.28. The number of nitrogens with zero attached hydrogens (tertiary/aromatic N) is 3. The molecule has 2 aromatic rings. The molecule has 1 aromatic carbocycles. The maximum Gasteiger partial charge on any atom is 0.358 e. The van der Waals surface area contributed by atoms with E-state index < -0.39 is 10.3 Å². The quantitative estimate of drug-likeness (QED) is 0.479. The molecule has 0 aliphatic rings. The summed E-state index contributed by atoms with van der Waals surface area (Å²) in [5.74, 6) is 0. The third kappa shape index (κ3) is 2.99. The average Bonchev–Trinajstić information content (AvgIpc) is 2.77. The van der Waals surface area contributed by atoms with Gasteiger partial charge in [0.1, 0.15) is 0 Å². The molecule has 1 heterocycles. The van der Waals surface area contributed by atoms with Crippen LogP contribution in [0.2, 0.25) is 0 Å². The Morgan fingerprint density at radius 1 is 1.39 bits per heavy atom. The highest BCUT2D eigenvalue weighted by Gasteiger charge is 2.08. The van der Waals surface area contributed by atoms with E-state index in [1.54, 1.807) is 11.3 Å². The monoisotopic (exact) mass is 283 g/mol. The second-order valence-electron chi connectivity index (χ2n) is 3.42. The van der Waals surface area contributed by atoms with Crippen LogP contribution in [0.5, 0.6) is 0 Å². The summed E-state index contributed by atoms with van der Waals surface area (Å²) >= 11 is 1.62. The Morgan fingerprint density at radius 3 is 3.00 bits per heavy atom. The third-order valence-corrected chi connectivity index (χ3v) is 3.95. The summed E-state index contributed by atoms with van der Waals surface area (Å²) < 4.78 is 30.3. The van der Waals surface area contributed by atoms with Gasteiger partial charge in [0.25, 0.3) is 0 Å². The number of fused-ring (bicyclic) bond motifs is 1. The molecule has 0 bridgehead atoms. The molecule has 0 N–H and O–H groups in total. The van der Waals surface area contributed by atoms with Crippen molar-refractivity contribution in [2.24, 2.45) is 4.52 Å². The molecule has 0 aliphatic carbocycles. The second-order valence-corrected chi connectivity index (χ2v) is 5.62. The lowest BCUT2D eigenvalue weighted by atomic mass is 10.1. The van der Waals surface area contributed by atoms with Crippen LogP contribution < -0.4 is 0 Å². The first-order valence-electron chi connectivity index (χ1n) is 5.03. The molecular formula is C10H9N3O3S2. The minimum absolute atomic E-state index is 0.0453. The van der Waals surface area contributed by atoms with Crippen LogP contribution in [0.4, 0.5) is 0 Å². The highest BCUT2D eigenvalue weighted by atomic mass is 32.2. The van der Waals surface area contributed by atoms with E-state index in [9.17, 15) is 8.42 Å². The van der Waals surface area contributed by atoms with Crippen LogP contribution in [-0.4, -0.2) is 15.0 Å². The van der Waals surface area contributed by atoms with Gasteiger partial charge in [-0.25, -0.2) is 0 Å². The van der Waals surface area contributed by atoms with E-state index in [1.165, 1.54) is 0 Å². The lowest BCUT2D eigenvalue weighted by Crippen LogP contribution is -2.05. The van der Waals surface area contributed by atoms with Crippen molar-refractivity contribution >= 4 is 31.7 Å². The minimum atomic E-state index is -4.13. The number of azide groups is 1. The summed E-state index contributed by atoms with van der Waals surface area (Å²) in [6.45, 7) is -0.0453. The number of thiophene rings is 1. The van der Waals surface area contributed by atoms with Crippen molar-refractivity contribution < 1.29 is 12.6 Å². The SMILES string of the molecule is [N-]=[N+]=NS(=O)(=O)OCCc1cccc2sccc12. The van der Waals surface area contributed by atoms with Crippen molar-refractivity contribution in [2.75, 3.05) is 6.61 Å². The molecule has 6 nitrogen and oxygen atoms in total. The summed E-state index contributed by atoms with van der Waals surface area (Å²) in [6, 6.07) is 7.81. The molecule has 2 rings (SSSR count). The van der Waals surface area contributed by atoms with Gasteiger partial charge in [-0.15, -0.1) is 11.3 Å². The van der Waals surface area contributed by atoms with Crippen molar-refractivity contribution in [3.63, 3.8) is 0 Å². The Labute approximate surface area is 108 Å². The van der Waals surface area contributed by atoms with Crippen LogP contribution in [0.3, 0.4) is 0 Å². The first-order chi connectivity index (χ1) is 8.62. The van der Waals surface area contributed by atoms with E-state index in [4.69, 9.17) is 5.53 Å². The number of benzene rings is 1. The molecule has 1 aromatic heterocycles. The van der Waals surface area contributed by atoms with Gasteiger partial charge < -0.3 is 0 Å². The second kappa shape index (κ2) is 5.36. The molecule has 0 spiro atoms. The summed E-state index contributed by atoms with van der Waals surface area (Å²) in [5, 5.41) is 3.07. The zero-order valence-corrected chi connectivity index (χ0v) is 10.8. The summed E-state index contributed by atoms with van der Waals surface area (Å²) in [4.78, 5) is 2.19. The molecule has 8 heteroatoms. The minimum Gasteiger partial charge on any atom is -0.264 e. The zero-order chi connectivity index (χ0) is 13.0. The molecule has 0 radical (unpaired) electrons. The molecule has 0 amide bonds. The van der Waals surface area contributed by atoms with E-state index in [0.717, 1.165) is 15.6 Å². The first kappa shape index (κ1) is 12.8. The average molecular weight is 283 g/mol. The van der Waals surface area contributed by atoms with Gasteiger partial charge >= 0.3 is 10.3 Å². The van der Waals surface area contributed by atoms with Gasteiger partial charge in [0.05, 0.1) is 11.1 Å². The van der Waals surface area contributed by atoms with E-state index in [-0.39, 0.29) is 6.61 Å². The predicted octanol–water partition coefficient (Wildman–Crippen LogP) is 3.02. The maximum atomic E-state index is 11.0. The summed E-state index contributed by atoms with van der Waals surface area (Å²) in [5.41, 5.74) is 9.04. The van der Waals surface area contributed by atoms with Gasteiger partial charge in [0.15, 0.2) is 0 Å². The highest BCUT2D eigenvalue weighted by molar-refractivity contribution is 7.85. The molecule has 0 atom stereocenters. The van der Waals surface area contributed by atoms with E-state index in [2.05, 4.69) is 13.6 Å². The predicted molar refractivity (Wildman–Crippen MR) is 69.5 cm³/mol. The smallest absolute Gasteiger partial charge is 0.264 e. The topological polar surface area (TPSA) is 92.1 Å². The number of hydrogen-bond donors (Lipinski definition) is 0. The van der Waals surface area contributed by atoms with Crippen LogP contribution >= 0.6 is 11.3 Å². The molecule has 94 valence electrons. The molecule has 0 fully saturated rings. The zero-order valence-electron chi connectivity index (χ0n) is 9.18. The lowest BCUT2D eigenvalue weighted by Gasteiger charge is -2.03. The molecule has 0 unspecified atom stereocenters. The van der Waals surface area contributed by atoms with Gasteiger partial charge in [-0.05, 0) is 40.4 Å². The van der Waals surface area contributed by atoms with Crippen molar-refractivity contribution in [1.82, 2.24) is 0 Å². The normalized spacial score (nSPS) is 11.3. The molecule has 0 aliphatic heterocycles. The molecule has 18 heavy (non-hydrogen) atoms. The van der Waals surface area contributed by atoms with Crippen LogP contribution in [0.25, 0.3) is 20.5 Å². The highest BCUT2D eigenvalue weighted by Crippen LogP contribution is 2.24. The molecule has 0 saturated carbocycles. The Hall–Kier alpha value is -1.60. The summed E-state index contributed by atoms with van der Waals surface area (Å²) in [7, 11) is -4.13. The van der Waals surface area contributed by atoms with E-state index in [0.29, 0.717) is 6.42 Å². The van der Waals surface area contributed by atoms with Gasteiger partial charge in [0.2, 0.25) is 0 Å². The van der Waals surface area contributed by atoms with E-state index >= 15 is 0 Å². The fourth-order valence-electron chi connectivity index (χ4n) is 1.60. The Kier molecular flexibility index (Phi) is 3.83. The maximum absolute atomic E-state index is 11.0. The number of rotatable bonds is 5. The summed E-state index contributed by atoms with van der Waals surface area (Å²) in [6.07, 6.45) is 0.439. The van der Waals surface area contributed by atoms with Crippen LogP contribution in [0.15, 0.2) is 34.2 Å². The van der Waals surface area contributed by atoms with Crippen molar-refractivity contribution in [2.45, 2.75) is 6.42 Å². The van der Waals surface area contributed by atoms with Gasteiger partial charge in [-0.3, -0.25) is 4.18 Å². The third-order valence-electron chi connectivity index (χ3n) is 2.33. The van der Waals surface area contributed by atoms with Gasteiger partial charge in [0, 0.05) is 9.61 Å². The lowest BCUT2D eigenvalue weighted by molar-refractivity contribution is 0.323. The van der Waals surface area contributed by atoms with E-state index in [1.807, 2.05) is 29.6 Å².